The Hall–Kier alpha value is -1.97. The van der Waals surface area contributed by atoms with Crippen LogP contribution in [0.5, 0.6) is 5.75 Å². The topological polar surface area (TPSA) is 99.8 Å². The fourth-order valence-electron chi connectivity index (χ4n) is 4.12. The number of carboxylic acids is 1. The smallest absolute Gasteiger partial charge is 0.352 e. The molecule has 0 saturated carbocycles. The molecule has 0 bridgehead atoms. The second kappa shape index (κ2) is 8.67. The molecule has 2 N–H and O–H groups in total. The minimum atomic E-state index is -3.80. The number of aromatic nitrogens is 1. The quantitative estimate of drug-likeness (QED) is 0.631. The van der Waals surface area contributed by atoms with Crippen LogP contribution in [0.25, 0.3) is 0 Å². The first-order valence-corrected chi connectivity index (χ1v) is 13.3. The maximum Gasteiger partial charge on any atom is 0.352 e. The summed E-state index contributed by atoms with van der Waals surface area (Å²) in [5, 5.41) is 20.2. The Balaban J connectivity index is 1.86. The van der Waals surface area contributed by atoms with E-state index in [4.69, 9.17) is 0 Å². The number of carboxylic acid groups (broad SMARTS) is 1. The standard InChI is InChI=1S/C24H34N2O5S2/c1-23(2,3)17-12-16(13-18(21(17)27)24(4,5)6)32-15-10-11-26(14-15)33(30,31)20-9-8-19(22(28)29)25(20)7/h8-9,12-13,15,27H,10-11,14H2,1-7H3,(H,28,29). The number of nitrogens with zero attached hydrogens (tertiary/aromatic N) is 2. The van der Waals surface area contributed by atoms with Crippen molar-refractivity contribution >= 4 is 27.8 Å². The summed E-state index contributed by atoms with van der Waals surface area (Å²) in [5.41, 5.74) is 1.22. The maximum atomic E-state index is 13.2. The Morgan fingerprint density at radius 3 is 2.06 bits per heavy atom. The van der Waals surface area contributed by atoms with Gasteiger partial charge in [-0.05, 0) is 41.5 Å². The van der Waals surface area contributed by atoms with Crippen LogP contribution < -0.4 is 0 Å². The Labute approximate surface area is 200 Å². The number of hydrogen-bond donors (Lipinski definition) is 2. The number of aromatic hydroxyl groups is 1. The Morgan fingerprint density at radius 1 is 1.06 bits per heavy atom. The molecular formula is C24H34N2O5S2. The van der Waals surface area contributed by atoms with Crippen molar-refractivity contribution in [3.8, 4) is 5.75 Å². The molecule has 7 nitrogen and oxygen atoms in total. The Bertz CT molecular complexity index is 1140. The van der Waals surface area contributed by atoms with Crippen molar-refractivity contribution in [2.75, 3.05) is 13.1 Å². The van der Waals surface area contributed by atoms with Crippen molar-refractivity contribution in [1.82, 2.24) is 8.87 Å². The summed E-state index contributed by atoms with van der Waals surface area (Å²) in [6, 6.07) is 6.70. The molecule has 2 heterocycles. The second-order valence-corrected chi connectivity index (χ2v) is 13.9. The van der Waals surface area contributed by atoms with Gasteiger partial charge >= 0.3 is 5.97 Å². The molecule has 0 spiro atoms. The van der Waals surface area contributed by atoms with Gasteiger partial charge in [-0.3, -0.25) is 0 Å². The first-order chi connectivity index (χ1) is 15.0. The number of phenolic OH excluding ortho intramolecular Hbond substituents is 1. The van der Waals surface area contributed by atoms with Crippen molar-refractivity contribution in [3.05, 3.63) is 41.1 Å². The summed E-state index contributed by atoms with van der Waals surface area (Å²) >= 11 is 1.63. The number of sulfonamides is 1. The molecular weight excluding hydrogens is 460 g/mol. The monoisotopic (exact) mass is 494 g/mol. The van der Waals surface area contributed by atoms with Gasteiger partial charge in [-0.25, -0.2) is 13.2 Å². The van der Waals surface area contributed by atoms with Crippen molar-refractivity contribution in [1.29, 1.82) is 0 Å². The minimum Gasteiger partial charge on any atom is -0.507 e. The number of aromatic carboxylic acids is 1. The summed E-state index contributed by atoms with van der Waals surface area (Å²) in [5.74, 6) is -0.835. The summed E-state index contributed by atoms with van der Waals surface area (Å²) in [4.78, 5) is 12.3. The summed E-state index contributed by atoms with van der Waals surface area (Å²) < 4.78 is 29.0. The summed E-state index contributed by atoms with van der Waals surface area (Å²) in [7, 11) is -2.34. The van der Waals surface area contributed by atoms with Crippen LogP contribution in [0.1, 0.15) is 69.6 Å². The highest BCUT2D eigenvalue weighted by atomic mass is 32.2. The summed E-state index contributed by atoms with van der Waals surface area (Å²) in [6.45, 7) is 13.1. The molecule has 33 heavy (non-hydrogen) atoms. The highest BCUT2D eigenvalue weighted by molar-refractivity contribution is 8.00. The zero-order valence-corrected chi connectivity index (χ0v) is 22.0. The van der Waals surface area contributed by atoms with Gasteiger partial charge in [-0.15, -0.1) is 11.8 Å². The van der Waals surface area contributed by atoms with Crippen molar-refractivity contribution in [2.45, 2.75) is 74.0 Å². The zero-order chi connectivity index (χ0) is 24.9. The van der Waals surface area contributed by atoms with Crippen molar-refractivity contribution < 1.29 is 23.4 Å². The van der Waals surface area contributed by atoms with E-state index in [1.165, 1.54) is 28.1 Å². The lowest BCUT2D eigenvalue weighted by atomic mass is 9.79. The molecule has 1 saturated heterocycles. The van der Waals surface area contributed by atoms with Gasteiger partial charge in [0.1, 0.15) is 11.4 Å². The van der Waals surface area contributed by atoms with Gasteiger partial charge in [0.15, 0.2) is 5.03 Å². The predicted molar refractivity (Wildman–Crippen MR) is 131 cm³/mol. The van der Waals surface area contributed by atoms with Crippen LogP contribution in [0.3, 0.4) is 0 Å². The van der Waals surface area contributed by atoms with Gasteiger partial charge in [0.05, 0.1) is 0 Å². The van der Waals surface area contributed by atoms with E-state index < -0.39 is 16.0 Å². The first kappa shape index (κ1) is 25.6. The predicted octanol–water partition coefficient (Wildman–Crippen LogP) is 4.58. The molecule has 0 radical (unpaired) electrons. The van der Waals surface area contributed by atoms with E-state index in [-0.39, 0.29) is 26.8 Å². The number of rotatable bonds is 5. The van der Waals surface area contributed by atoms with E-state index >= 15 is 0 Å². The molecule has 0 aliphatic carbocycles. The molecule has 1 atom stereocenters. The van der Waals surface area contributed by atoms with E-state index in [2.05, 4.69) is 41.5 Å². The van der Waals surface area contributed by atoms with Gasteiger partial charge in [-0.2, -0.15) is 4.31 Å². The number of phenols is 1. The molecule has 1 fully saturated rings. The molecule has 1 unspecified atom stereocenters. The molecule has 1 aliphatic heterocycles. The normalized spacial score (nSPS) is 18.1. The third-order valence-electron chi connectivity index (χ3n) is 6.01. The van der Waals surface area contributed by atoms with Crippen LogP contribution in [0.4, 0.5) is 0 Å². The third kappa shape index (κ3) is 5.10. The molecule has 182 valence electrons. The summed E-state index contributed by atoms with van der Waals surface area (Å²) in [6.07, 6.45) is 0.691. The van der Waals surface area contributed by atoms with Crippen LogP contribution in [-0.2, 0) is 27.9 Å². The maximum absolute atomic E-state index is 13.2. The molecule has 1 aromatic carbocycles. The lowest BCUT2D eigenvalue weighted by Gasteiger charge is -2.28. The fourth-order valence-corrected chi connectivity index (χ4v) is 7.12. The van der Waals surface area contributed by atoms with Gasteiger partial charge in [0.2, 0.25) is 0 Å². The van der Waals surface area contributed by atoms with E-state index in [0.717, 1.165) is 16.0 Å². The van der Waals surface area contributed by atoms with Crippen LogP contribution in [0.15, 0.2) is 34.2 Å². The SMILES string of the molecule is Cn1c(C(=O)O)ccc1S(=O)(=O)N1CCC(Sc2cc(C(C)(C)C)c(O)c(C(C)(C)C)c2)C1. The number of benzene rings is 1. The van der Waals surface area contributed by atoms with Crippen LogP contribution >= 0.6 is 11.8 Å². The molecule has 1 aliphatic rings. The molecule has 1 aromatic heterocycles. The van der Waals surface area contributed by atoms with Gasteiger partial charge in [0, 0.05) is 41.4 Å². The Morgan fingerprint density at radius 2 is 1.61 bits per heavy atom. The Kier molecular flexibility index (Phi) is 6.74. The van der Waals surface area contributed by atoms with Gasteiger partial charge in [-0.1, -0.05) is 41.5 Å². The van der Waals surface area contributed by atoms with Gasteiger partial charge < -0.3 is 14.8 Å². The average molecular weight is 495 g/mol. The van der Waals surface area contributed by atoms with E-state index in [9.17, 15) is 23.4 Å². The zero-order valence-electron chi connectivity index (χ0n) is 20.3. The largest absolute Gasteiger partial charge is 0.507 e. The van der Waals surface area contributed by atoms with Crippen LogP contribution in [0.2, 0.25) is 0 Å². The lowest BCUT2D eigenvalue weighted by Crippen LogP contribution is -2.31. The van der Waals surface area contributed by atoms with Crippen LogP contribution in [-0.4, -0.2) is 51.8 Å². The van der Waals surface area contributed by atoms with E-state index in [0.29, 0.717) is 25.3 Å². The number of carbonyl (C=O) groups is 1. The number of hydrogen-bond acceptors (Lipinski definition) is 5. The molecule has 2 aromatic rings. The van der Waals surface area contributed by atoms with Crippen LogP contribution in [0, 0.1) is 0 Å². The van der Waals surface area contributed by atoms with Gasteiger partial charge in [0.25, 0.3) is 10.0 Å². The molecule has 9 heteroatoms. The minimum absolute atomic E-state index is 0.0137. The fraction of sp³-hybridized carbons (Fsp3) is 0.542. The lowest BCUT2D eigenvalue weighted by molar-refractivity contribution is 0.0685. The van der Waals surface area contributed by atoms with E-state index in [1.807, 2.05) is 12.1 Å². The molecule has 0 amide bonds. The first-order valence-electron chi connectivity index (χ1n) is 11.0. The van der Waals surface area contributed by atoms with E-state index in [1.54, 1.807) is 11.8 Å². The average Bonchev–Trinajstić information content (AvgIpc) is 3.28. The van der Waals surface area contributed by atoms with Crippen molar-refractivity contribution in [3.63, 3.8) is 0 Å². The highest BCUT2D eigenvalue weighted by Crippen LogP contribution is 2.43. The van der Waals surface area contributed by atoms with Crippen molar-refractivity contribution in [2.24, 2.45) is 7.05 Å². The highest BCUT2D eigenvalue weighted by Gasteiger charge is 2.36. The number of thioether (sulfide) groups is 1. The second-order valence-electron chi connectivity index (χ2n) is 10.7. The third-order valence-corrected chi connectivity index (χ3v) is 9.18. The molecule has 3 rings (SSSR count).